The van der Waals surface area contributed by atoms with Gasteiger partial charge in [0.2, 0.25) is 0 Å². The Balaban J connectivity index is 1.38. The number of aromatic nitrogens is 1. The highest BCUT2D eigenvalue weighted by atomic mass is 32.2. The highest BCUT2D eigenvalue weighted by molar-refractivity contribution is 7.89. The van der Waals surface area contributed by atoms with Gasteiger partial charge in [0.25, 0.3) is 10.0 Å². The third-order valence-electron chi connectivity index (χ3n) is 6.28. The molecule has 2 aliphatic rings. The molecule has 1 fully saturated rings. The van der Waals surface area contributed by atoms with Crippen LogP contribution in [0.25, 0.3) is 0 Å². The minimum Gasteiger partial charge on any atom is -0.492 e. The average Bonchev–Trinajstić information content (AvgIpc) is 2.80. The minimum absolute atomic E-state index is 0.0191. The number of pyridine rings is 1. The van der Waals surface area contributed by atoms with E-state index in [9.17, 15) is 13.2 Å². The number of nitrogens with two attached hydrogens (primary N) is 1. The van der Waals surface area contributed by atoms with Crippen LogP contribution in [-0.2, 0) is 15.8 Å². The van der Waals surface area contributed by atoms with Crippen LogP contribution in [0.15, 0.2) is 40.9 Å². The van der Waals surface area contributed by atoms with Gasteiger partial charge in [0.1, 0.15) is 17.4 Å². The molecule has 9 heteroatoms. The van der Waals surface area contributed by atoms with Gasteiger partial charge in [-0.25, -0.2) is 13.4 Å². The first-order valence-electron chi connectivity index (χ1n) is 11.8. The van der Waals surface area contributed by atoms with Gasteiger partial charge >= 0.3 is 0 Å². The summed E-state index contributed by atoms with van der Waals surface area (Å²) in [5.41, 5.74) is 7.80. The number of nitrogens with zero attached hydrogens (tertiary/aromatic N) is 3. The Bertz CT molecular complexity index is 1180. The van der Waals surface area contributed by atoms with Gasteiger partial charge in [0.05, 0.1) is 17.9 Å². The Morgan fingerprint density at radius 3 is 2.82 bits per heavy atom. The van der Waals surface area contributed by atoms with Crippen LogP contribution < -0.4 is 15.4 Å². The van der Waals surface area contributed by atoms with E-state index in [1.165, 1.54) is 0 Å². The second kappa shape index (κ2) is 10.1. The van der Waals surface area contributed by atoms with Crippen molar-refractivity contribution in [2.75, 3.05) is 24.6 Å². The topological polar surface area (TPSA) is 115 Å². The molecular weight excluding hydrogens is 452 g/mol. The fourth-order valence-electron chi connectivity index (χ4n) is 4.45. The molecule has 2 aliphatic heterocycles. The lowest BCUT2D eigenvalue weighted by molar-refractivity contribution is 0.0975. The van der Waals surface area contributed by atoms with Gasteiger partial charge in [-0.15, -0.1) is 4.40 Å². The summed E-state index contributed by atoms with van der Waals surface area (Å²) in [5, 5.41) is 0. The molecule has 8 nitrogen and oxygen atoms in total. The molecule has 3 heterocycles. The number of fused-ring (bicyclic) bond motifs is 1. The first kappa shape index (κ1) is 24.2. The summed E-state index contributed by atoms with van der Waals surface area (Å²) in [6.07, 6.45) is 5.15. The number of carbonyl (C=O) groups is 1. The van der Waals surface area contributed by atoms with Crippen LogP contribution in [0.5, 0.6) is 5.75 Å². The van der Waals surface area contributed by atoms with Crippen LogP contribution in [0.3, 0.4) is 0 Å². The molecule has 34 heavy (non-hydrogen) atoms. The van der Waals surface area contributed by atoms with Crippen molar-refractivity contribution in [3.8, 4) is 5.75 Å². The van der Waals surface area contributed by atoms with E-state index in [2.05, 4.69) is 28.1 Å². The lowest BCUT2D eigenvalue weighted by Gasteiger charge is -2.33. The van der Waals surface area contributed by atoms with E-state index in [1.807, 2.05) is 12.1 Å². The highest BCUT2D eigenvalue weighted by Gasteiger charge is 2.27. The zero-order valence-corrected chi connectivity index (χ0v) is 20.6. The van der Waals surface area contributed by atoms with E-state index < -0.39 is 10.0 Å². The Morgan fingerprint density at radius 2 is 2.09 bits per heavy atom. The lowest BCUT2D eigenvalue weighted by Crippen LogP contribution is -2.38. The van der Waals surface area contributed by atoms with Gasteiger partial charge in [0.15, 0.2) is 5.78 Å². The van der Waals surface area contributed by atoms with E-state index in [1.54, 1.807) is 24.4 Å². The maximum absolute atomic E-state index is 12.3. The van der Waals surface area contributed by atoms with Gasteiger partial charge in [-0.2, -0.15) is 0 Å². The van der Waals surface area contributed by atoms with Crippen LogP contribution in [0, 0.1) is 11.8 Å². The molecular formula is C25H32N4O4S. The summed E-state index contributed by atoms with van der Waals surface area (Å²) in [6, 6.07) is 9.13. The smallest absolute Gasteiger partial charge is 0.259 e. The summed E-state index contributed by atoms with van der Waals surface area (Å²) in [7, 11) is -3.58. The number of hydrogen-bond acceptors (Lipinski definition) is 7. The van der Waals surface area contributed by atoms with Crippen molar-refractivity contribution in [2.24, 2.45) is 22.0 Å². The lowest BCUT2D eigenvalue weighted by atomic mass is 9.98. The number of ether oxygens (including phenoxy) is 1. The summed E-state index contributed by atoms with van der Waals surface area (Å²) in [4.78, 5) is 19.1. The molecule has 0 radical (unpaired) electrons. The molecule has 4 rings (SSSR count). The molecule has 0 bridgehead atoms. The molecule has 2 N–H and O–H groups in total. The van der Waals surface area contributed by atoms with E-state index in [0.29, 0.717) is 41.4 Å². The van der Waals surface area contributed by atoms with Crippen molar-refractivity contribution in [3.63, 3.8) is 0 Å². The van der Waals surface area contributed by atoms with Crippen LogP contribution in [0.2, 0.25) is 0 Å². The molecule has 1 aromatic heterocycles. The van der Waals surface area contributed by atoms with Gasteiger partial charge < -0.3 is 15.4 Å². The molecule has 0 unspecified atom stereocenters. The van der Waals surface area contributed by atoms with Crippen molar-refractivity contribution < 1.29 is 17.9 Å². The van der Waals surface area contributed by atoms with E-state index >= 15 is 0 Å². The quantitative estimate of drug-likeness (QED) is 0.570. The average molecular weight is 485 g/mol. The van der Waals surface area contributed by atoms with Crippen LogP contribution in [-0.4, -0.2) is 44.7 Å². The van der Waals surface area contributed by atoms with Crippen molar-refractivity contribution in [3.05, 3.63) is 53.2 Å². The SMILES string of the molecule is CC(C)CCC(=O)c1ccc(N2CCC[C@H](COc3cccc4c3C(N)=NS(=O)(=O)C4)C2)nc1. The predicted molar refractivity (Wildman–Crippen MR) is 133 cm³/mol. The van der Waals surface area contributed by atoms with Gasteiger partial charge in [0, 0.05) is 37.2 Å². The highest BCUT2D eigenvalue weighted by Crippen LogP contribution is 2.29. The number of sulfonamides is 1. The zero-order chi connectivity index (χ0) is 24.3. The van der Waals surface area contributed by atoms with Crippen molar-refractivity contribution in [1.82, 2.24) is 4.98 Å². The first-order chi connectivity index (χ1) is 16.2. The molecule has 0 spiro atoms. The number of amidine groups is 1. The number of carbonyl (C=O) groups excluding carboxylic acids is 1. The molecule has 0 saturated carbocycles. The summed E-state index contributed by atoms with van der Waals surface area (Å²) < 4.78 is 33.5. The molecule has 0 amide bonds. The largest absolute Gasteiger partial charge is 0.492 e. The Labute approximate surface area is 201 Å². The van der Waals surface area contributed by atoms with Crippen molar-refractivity contribution in [2.45, 2.75) is 45.3 Å². The normalized spacial score (nSPS) is 19.4. The molecule has 182 valence electrons. The third kappa shape index (κ3) is 5.75. The van der Waals surface area contributed by atoms with E-state index in [4.69, 9.17) is 10.5 Å². The van der Waals surface area contributed by atoms with Gasteiger partial charge in [-0.3, -0.25) is 4.79 Å². The van der Waals surface area contributed by atoms with Crippen LogP contribution in [0.4, 0.5) is 5.82 Å². The fourth-order valence-corrected chi connectivity index (χ4v) is 5.54. The summed E-state index contributed by atoms with van der Waals surface area (Å²) in [5.74, 6) is 2.16. The van der Waals surface area contributed by atoms with Crippen molar-refractivity contribution >= 4 is 27.5 Å². The molecule has 1 aromatic carbocycles. The number of piperidine rings is 1. The number of ketones is 1. The second-order valence-electron chi connectivity index (χ2n) is 9.52. The van der Waals surface area contributed by atoms with Crippen molar-refractivity contribution in [1.29, 1.82) is 0 Å². The van der Waals surface area contributed by atoms with Gasteiger partial charge in [-0.1, -0.05) is 26.0 Å². The predicted octanol–water partition coefficient (Wildman–Crippen LogP) is 3.54. The Morgan fingerprint density at radius 1 is 1.26 bits per heavy atom. The van der Waals surface area contributed by atoms with Crippen LogP contribution >= 0.6 is 0 Å². The first-order valence-corrected chi connectivity index (χ1v) is 13.4. The minimum atomic E-state index is -3.58. The molecule has 1 saturated heterocycles. The zero-order valence-electron chi connectivity index (χ0n) is 19.7. The van der Waals surface area contributed by atoms with E-state index in [0.717, 1.165) is 38.2 Å². The Hall–Kier alpha value is -2.94. The number of Topliss-reactive ketones (excluding diaryl/α,β-unsaturated/α-hetero) is 1. The fraction of sp³-hybridized carbons (Fsp3) is 0.480. The second-order valence-corrected chi connectivity index (χ2v) is 11.2. The summed E-state index contributed by atoms with van der Waals surface area (Å²) in [6.45, 7) is 6.41. The molecule has 1 atom stereocenters. The monoisotopic (exact) mass is 484 g/mol. The van der Waals surface area contributed by atoms with E-state index in [-0.39, 0.29) is 23.3 Å². The Kier molecular flexibility index (Phi) is 7.21. The maximum Gasteiger partial charge on any atom is 0.259 e. The standard InChI is InChI=1S/C25H32N4O4S/c1-17(2)8-10-21(30)19-9-11-23(27-13-19)29-12-4-5-18(14-29)15-33-22-7-3-6-20-16-34(31,32)28-25(26)24(20)22/h3,6-7,9,11,13,17-18H,4-5,8,10,12,14-16H2,1-2H3,(H2,26,28)/t18-/m0/s1. The number of anilines is 1. The maximum atomic E-state index is 12.3. The third-order valence-corrected chi connectivity index (χ3v) is 7.43. The number of benzene rings is 1. The number of hydrogen-bond donors (Lipinski definition) is 1. The van der Waals surface area contributed by atoms with Gasteiger partial charge in [-0.05, 0) is 48.9 Å². The molecule has 2 aromatic rings. The van der Waals surface area contributed by atoms with Crippen LogP contribution in [0.1, 0.15) is 61.0 Å². The number of rotatable bonds is 8. The summed E-state index contributed by atoms with van der Waals surface area (Å²) >= 11 is 0. The molecule has 0 aliphatic carbocycles.